The van der Waals surface area contributed by atoms with Crippen molar-refractivity contribution in [3.63, 3.8) is 0 Å². The number of piperidine rings is 1. The molecular weight excluding hydrogens is 292 g/mol. The first-order valence-electron chi connectivity index (χ1n) is 7.41. The van der Waals surface area contributed by atoms with Crippen molar-refractivity contribution in [2.75, 3.05) is 13.1 Å². The smallest absolute Gasteiger partial charge is 0.304 e. The van der Waals surface area contributed by atoms with Crippen LogP contribution in [-0.2, 0) is 15.0 Å². The molecule has 0 amide bonds. The van der Waals surface area contributed by atoms with Gasteiger partial charge in [-0.25, -0.2) is 0 Å². The zero-order chi connectivity index (χ0) is 16.4. The third kappa shape index (κ3) is 5.56. The van der Waals surface area contributed by atoms with E-state index in [1.165, 1.54) is 4.31 Å². The molecule has 1 saturated heterocycles. The highest BCUT2D eigenvalue weighted by molar-refractivity contribution is 7.87. The summed E-state index contributed by atoms with van der Waals surface area (Å²) in [4.78, 5) is 11.0. The van der Waals surface area contributed by atoms with Gasteiger partial charge < -0.3 is 5.11 Å². The average Bonchev–Trinajstić information content (AvgIpc) is 2.24. The molecule has 0 radical (unpaired) electrons. The summed E-state index contributed by atoms with van der Waals surface area (Å²) in [6.45, 7) is 10.6. The van der Waals surface area contributed by atoms with Crippen LogP contribution in [0.25, 0.3) is 0 Å². The van der Waals surface area contributed by atoms with E-state index in [9.17, 15) is 13.2 Å². The number of rotatable bonds is 5. The Bertz CT molecular complexity index is 460. The molecule has 0 bridgehead atoms. The van der Waals surface area contributed by atoms with Crippen molar-refractivity contribution in [3.8, 4) is 0 Å². The molecule has 1 heterocycles. The van der Waals surface area contributed by atoms with Gasteiger partial charge in [0, 0.05) is 19.1 Å². The summed E-state index contributed by atoms with van der Waals surface area (Å²) < 4.78 is 29.1. The first kappa shape index (κ1) is 18.4. The topological polar surface area (TPSA) is 86.7 Å². The summed E-state index contributed by atoms with van der Waals surface area (Å²) in [7, 11) is -3.66. The summed E-state index contributed by atoms with van der Waals surface area (Å²) in [5.41, 5.74) is -0.460. The van der Waals surface area contributed by atoms with Crippen molar-refractivity contribution in [2.45, 2.75) is 53.5 Å². The average molecular weight is 320 g/mol. The van der Waals surface area contributed by atoms with Crippen molar-refractivity contribution in [3.05, 3.63) is 0 Å². The third-order valence-corrected chi connectivity index (χ3v) is 5.45. The fourth-order valence-corrected chi connectivity index (χ4v) is 4.60. The van der Waals surface area contributed by atoms with E-state index in [4.69, 9.17) is 5.11 Å². The maximum atomic E-state index is 12.5. The Kier molecular flexibility index (Phi) is 5.80. The number of aliphatic carboxylic acids is 1. The minimum atomic E-state index is -3.66. The van der Waals surface area contributed by atoms with E-state index in [-0.39, 0.29) is 6.42 Å². The second-order valence-corrected chi connectivity index (χ2v) is 9.10. The predicted molar refractivity (Wildman–Crippen MR) is 82.1 cm³/mol. The molecule has 0 saturated carbocycles. The van der Waals surface area contributed by atoms with E-state index in [2.05, 4.69) is 4.72 Å². The lowest BCUT2D eigenvalue weighted by atomic mass is 9.85. The summed E-state index contributed by atoms with van der Waals surface area (Å²) >= 11 is 0. The van der Waals surface area contributed by atoms with Crippen LogP contribution in [0.15, 0.2) is 0 Å². The van der Waals surface area contributed by atoms with Gasteiger partial charge >= 0.3 is 5.97 Å². The van der Waals surface area contributed by atoms with Gasteiger partial charge in [0.15, 0.2) is 0 Å². The molecule has 0 aromatic heterocycles. The van der Waals surface area contributed by atoms with Crippen LogP contribution in [0, 0.1) is 17.3 Å². The number of hydrogen-bond acceptors (Lipinski definition) is 3. The number of hydrogen-bond donors (Lipinski definition) is 2. The van der Waals surface area contributed by atoms with E-state index >= 15 is 0 Å². The van der Waals surface area contributed by atoms with Gasteiger partial charge in [-0.2, -0.15) is 17.4 Å². The minimum absolute atomic E-state index is 0.221. The van der Waals surface area contributed by atoms with Crippen LogP contribution in [-0.4, -0.2) is 42.9 Å². The molecule has 0 aromatic carbocycles. The number of carbonyl (C=O) groups is 1. The molecule has 2 N–H and O–H groups in total. The molecule has 0 aliphatic carbocycles. The lowest BCUT2D eigenvalue weighted by Gasteiger charge is -2.37. The quantitative estimate of drug-likeness (QED) is 0.807. The van der Waals surface area contributed by atoms with E-state index in [1.54, 1.807) is 0 Å². The Hall–Kier alpha value is -0.660. The molecule has 1 rings (SSSR count). The molecule has 7 heteroatoms. The number of nitrogens with zero attached hydrogens (tertiary/aromatic N) is 1. The van der Waals surface area contributed by atoms with Crippen molar-refractivity contribution < 1.29 is 18.3 Å². The normalized spacial score (nSPS) is 26.5. The van der Waals surface area contributed by atoms with E-state index in [0.717, 1.165) is 6.42 Å². The lowest BCUT2D eigenvalue weighted by molar-refractivity contribution is -0.138. The van der Waals surface area contributed by atoms with E-state index in [1.807, 2.05) is 34.6 Å². The highest BCUT2D eigenvalue weighted by atomic mass is 32.2. The predicted octanol–water partition coefficient (Wildman–Crippen LogP) is 1.69. The van der Waals surface area contributed by atoms with Crippen molar-refractivity contribution in [1.82, 2.24) is 9.03 Å². The molecule has 1 fully saturated rings. The highest BCUT2D eigenvalue weighted by Crippen LogP contribution is 2.26. The largest absolute Gasteiger partial charge is 0.481 e. The fourth-order valence-electron chi connectivity index (χ4n) is 2.76. The second kappa shape index (κ2) is 6.62. The maximum Gasteiger partial charge on any atom is 0.304 e. The van der Waals surface area contributed by atoms with Crippen LogP contribution in [0.2, 0.25) is 0 Å². The van der Waals surface area contributed by atoms with Crippen LogP contribution in [0.1, 0.15) is 47.5 Å². The van der Waals surface area contributed by atoms with Gasteiger partial charge in [-0.3, -0.25) is 4.79 Å². The monoisotopic (exact) mass is 320 g/mol. The number of carboxylic acids is 1. The van der Waals surface area contributed by atoms with Crippen molar-refractivity contribution >= 4 is 16.2 Å². The van der Waals surface area contributed by atoms with Gasteiger partial charge in [0.05, 0.1) is 6.42 Å². The highest BCUT2D eigenvalue weighted by Gasteiger charge is 2.36. The molecular formula is C14H28N2O4S. The molecule has 0 aromatic rings. The Morgan fingerprint density at radius 1 is 1.29 bits per heavy atom. The zero-order valence-electron chi connectivity index (χ0n) is 13.6. The van der Waals surface area contributed by atoms with Gasteiger partial charge in [-0.05, 0) is 23.7 Å². The van der Waals surface area contributed by atoms with Crippen LogP contribution in [0.4, 0.5) is 0 Å². The van der Waals surface area contributed by atoms with Crippen LogP contribution in [0.5, 0.6) is 0 Å². The molecule has 1 aliphatic heterocycles. The number of carboxylic acid groups (broad SMARTS) is 1. The fraction of sp³-hybridized carbons (Fsp3) is 0.929. The van der Waals surface area contributed by atoms with Gasteiger partial charge in [-0.15, -0.1) is 0 Å². The Balaban J connectivity index is 2.88. The first-order chi connectivity index (χ1) is 9.41. The molecule has 21 heavy (non-hydrogen) atoms. The lowest BCUT2D eigenvalue weighted by Crippen LogP contribution is -2.53. The summed E-state index contributed by atoms with van der Waals surface area (Å²) in [5, 5.41) is 8.99. The molecule has 3 atom stereocenters. The first-order valence-corrected chi connectivity index (χ1v) is 8.85. The van der Waals surface area contributed by atoms with Crippen LogP contribution in [0.3, 0.4) is 0 Å². The number of nitrogens with one attached hydrogen (secondary N) is 1. The van der Waals surface area contributed by atoms with E-state index < -0.39 is 27.6 Å². The minimum Gasteiger partial charge on any atom is -0.481 e. The standard InChI is InChI=1S/C14H28N2O4S/c1-10-6-11(2)9-16(8-10)21(19,20)15-12(7-13(17)18)14(3,4)5/h10-12,15H,6-9H2,1-5H3,(H,17,18). The Morgan fingerprint density at radius 3 is 2.14 bits per heavy atom. The summed E-state index contributed by atoms with van der Waals surface area (Å²) in [6.07, 6.45) is 0.797. The van der Waals surface area contributed by atoms with Crippen molar-refractivity contribution in [2.24, 2.45) is 17.3 Å². The van der Waals surface area contributed by atoms with Crippen LogP contribution >= 0.6 is 0 Å². The van der Waals surface area contributed by atoms with Gasteiger partial charge in [-0.1, -0.05) is 34.6 Å². The molecule has 3 unspecified atom stereocenters. The molecule has 0 spiro atoms. The molecule has 1 aliphatic rings. The van der Waals surface area contributed by atoms with Crippen LogP contribution < -0.4 is 4.72 Å². The van der Waals surface area contributed by atoms with Gasteiger partial charge in [0.25, 0.3) is 10.2 Å². The third-order valence-electron chi connectivity index (χ3n) is 3.89. The van der Waals surface area contributed by atoms with Gasteiger partial charge in [0.1, 0.15) is 0 Å². The maximum absolute atomic E-state index is 12.5. The van der Waals surface area contributed by atoms with Crippen molar-refractivity contribution in [1.29, 1.82) is 0 Å². The molecule has 6 nitrogen and oxygen atoms in total. The summed E-state index contributed by atoms with van der Waals surface area (Å²) in [5.74, 6) is -0.367. The summed E-state index contributed by atoms with van der Waals surface area (Å²) in [6, 6.07) is -0.632. The van der Waals surface area contributed by atoms with Gasteiger partial charge in [0.2, 0.25) is 0 Å². The second-order valence-electron chi connectivity index (χ2n) is 7.40. The van der Waals surface area contributed by atoms with E-state index in [0.29, 0.717) is 24.9 Å². The Labute approximate surface area is 128 Å². The Morgan fingerprint density at radius 2 is 1.76 bits per heavy atom. The zero-order valence-corrected chi connectivity index (χ0v) is 14.4. The SMILES string of the molecule is CC1CC(C)CN(S(=O)(=O)NC(CC(=O)O)C(C)(C)C)C1. The molecule has 124 valence electrons.